The van der Waals surface area contributed by atoms with Crippen LogP contribution in [0.4, 0.5) is 0 Å². The van der Waals surface area contributed by atoms with Crippen LogP contribution in [-0.4, -0.2) is 15.2 Å². The summed E-state index contributed by atoms with van der Waals surface area (Å²) in [6.07, 6.45) is 0. The highest BCUT2D eigenvalue weighted by Crippen LogP contribution is 2.36. The van der Waals surface area contributed by atoms with Crippen LogP contribution in [0.5, 0.6) is 11.5 Å². The zero-order chi connectivity index (χ0) is 16.5. The van der Waals surface area contributed by atoms with E-state index in [0.29, 0.717) is 0 Å². The van der Waals surface area contributed by atoms with Crippen molar-refractivity contribution in [3.63, 3.8) is 0 Å². The lowest BCUT2D eigenvalue weighted by Crippen LogP contribution is -2.19. The summed E-state index contributed by atoms with van der Waals surface area (Å²) in [5.74, 6) is -1.47. The second kappa shape index (κ2) is 4.04. The monoisotopic (exact) mass is 309 g/mol. The van der Waals surface area contributed by atoms with E-state index in [1.807, 2.05) is 0 Å². The first-order valence-electron chi connectivity index (χ1n) is 6.59. The Labute approximate surface area is 125 Å². The van der Waals surface area contributed by atoms with Crippen LogP contribution >= 0.6 is 0 Å². The maximum absolute atomic E-state index is 12.6. The SMILES string of the molecule is O=c1[nH]c2c(O)c3c(=O)c4ccccc4c(=O)c3c(O)c2c1=O. The van der Waals surface area contributed by atoms with Gasteiger partial charge in [-0.3, -0.25) is 19.2 Å². The summed E-state index contributed by atoms with van der Waals surface area (Å²) < 4.78 is 0. The molecule has 0 radical (unpaired) electrons. The van der Waals surface area contributed by atoms with Gasteiger partial charge in [0.05, 0.1) is 21.7 Å². The van der Waals surface area contributed by atoms with Crippen LogP contribution < -0.4 is 21.8 Å². The van der Waals surface area contributed by atoms with Crippen molar-refractivity contribution in [3.05, 3.63) is 65.3 Å². The number of phenolic OH excluding ortho intramolecular Hbond substituents is 2. The summed E-state index contributed by atoms with van der Waals surface area (Å²) in [5.41, 5.74) is -3.84. The number of fused-ring (bicyclic) bond motifs is 3. The number of hydrogen-bond donors (Lipinski definition) is 3. The van der Waals surface area contributed by atoms with E-state index in [2.05, 4.69) is 4.98 Å². The van der Waals surface area contributed by atoms with Crippen molar-refractivity contribution in [1.29, 1.82) is 0 Å². The van der Waals surface area contributed by atoms with Crippen molar-refractivity contribution >= 4 is 32.4 Å². The second-order valence-corrected chi connectivity index (χ2v) is 5.18. The number of aromatic hydroxyl groups is 2. The largest absolute Gasteiger partial charge is 0.506 e. The molecule has 112 valence electrons. The van der Waals surface area contributed by atoms with E-state index < -0.39 is 49.5 Å². The van der Waals surface area contributed by atoms with Crippen LogP contribution in [0.15, 0.2) is 43.4 Å². The van der Waals surface area contributed by atoms with Gasteiger partial charge in [-0.25, -0.2) is 0 Å². The molecule has 7 heteroatoms. The van der Waals surface area contributed by atoms with Gasteiger partial charge in [-0.1, -0.05) is 24.3 Å². The molecule has 3 aromatic carbocycles. The van der Waals surface area contributed by atoms with Crippen molar-refractivity contribution in [2.24, 2.45) is 0 Å². The summed E-state index contributed by atoms with van der Waals surface area (Å²) in [6, 6.07) is 5.94. The number of benzene rings is 3. The molecule has 1 heterocycles. The first kappa shape index (κ1) is 13.2. The van der Waals surface area contributed by atoms with Crippen molar-refractivity contribution < 1.29 is 10.2 Å². The van der Waals surface area contributed by atoms with Gasteiger partial charge in [0.25, 0.3) is 11.0 Å². The van der Waals surface area contributed by atoms with E-state index >= 15 is 0 Å². The van der Waals surface area contributed by atoms with Gasteiger partial charge < -0.3 is 15.2 Å². The van der Waals surface area contributed by atoms with Crippen LogP contribution in [0.2, 0.25) is 0 Å². The Morgan fingerprint density at radius 1 is 0.696 bits per heavy atom. The summed E-state index contributed by atoms with van der Waals surface area (Å²) in [5, 5.41) is 19.3. The van der Waals surface area contributed by atoms with Gasteiger partial charge in [0.1, 0.15) is 5.75 Å². The van der Waals surface area contributed by atoms with E-state index in [-0.39, 0.29) is 16.3 Å². The minimum absolute atomic E-state index is 0.0596. The van der Waals surface area contributed by atoms with E-state index in [0.717, 1.165) is 0 Å². The number of aromatic nitrogens is 1. The molecule has 4 aromatic rings. The Balaban J connectivity index is 2.55. The highest BCUT2D eigenvalue weighted by atomic mass is 16.3. The zero-order valence-corrected chi connectivity index (χ0v) is 11.3. The van der Waals surface area contributed by atoms with E-state index in [1.165, 1.54) is 12.1 Å². The lowest BCUT2D eigenvalue weighted by molar-refractivity contribution is 0.477. The van der Waals surface area contributed by atoms with Crippen LogP contribution in [0.1, 0.15) is 0 Å². The normalized spacial score (nSPS) is 11.7. The minimum atomic E-state index is -1.07. The van der Waals surface area contributed by atoms with Crippen LogP contribution in [0, 0.1) is 0 Å². The molecule has 0 amide bonds. The van der Waals surface area contributed by atoms with Crippen molar-refractivity contribution in [1.82, 2.24) is 4.98 Å². The lowest BCUT2D eigenvalue weighted by Gasteiger charge is -2.06. The molecular weight excluding hydrogens is 302 g/mol. The van der Waals surface area contributed by atoms with E-state index in [4.69, 9.17) is 0 Å². The fourth-order valence-corrected chi connectivity index (χ4v) is 2.94. The summed E-state index contributed by atoms with van der Waals surface area (Å²) >= 11 is 0. The first-order chi connectivity index (χ1) is 10.9. The third-order valence-electron chi connectivity index (χ3n) is 3.99. The number of nitrogens with one attached hydrogen (secondary N) is 1. The fraction of sp³-hybridized carbons (Fsp3) is 0. The Morgan fingerprint density at radius 2 is 1.22 bits per heavy atom. The molecule has 0 saturated carbocycles. The van der Waals surface area contributed by atoms with Gasteiger partial charge in [0.2, 0.25) is 0 Å². The third-order valence-corrected chi connectivity index (χ3v) is 3.99. The zero-order valence-electron chi connectivity index (χ0n) is 11.3. The number of H-pyrrole nitrogens is 1. The molecule has 0 aliphatic carbocycles. The fourth-order valence-electron chi connectivity index (χ4n) is 2.94. The molecule has 0 fully saturated rings. The van der Waals surface area contributed by atoms with Crippen LogP contribution in [-0.2, 0) is 0 Å². The van der Waals surface area contributed by atoms with E-state index in [9.17, 15) is 29.4 Å². The topological polar surface area (TPSA) is 125 Å². The van der Waals surface area contributed by atoms with Crippen molar-refractivity contribution in [2.45, 2.75) is 0 Å². The molecule has 4 rings (SSSR count). The molecule has 1 aromatic heterocycles. The lowest BCUT2D eigenvalue weighted by atomic mass is 9.99. The minimum Gasteiger partial charge on any atom is -0.506 e. The smallest absolute Gasteiger partial charge is 0.297 e. The van der Waals surface area contributed by atoms with Gasteiger partial charge in [0, 0.05) is 10.8 Å². The molecule has 0 bridgehead atoms. The van der Waals surface area contributed by atoms with Crippen LogP contribution in [0.3, 0.4) is 0 Å². The van der Waals surface area contributed by atoms with Gasteiger partial charge in [0.15, 0.2) is 16.6 Å². The molecular formula is C16H7NO6. The molecule has 0 aliphatic heterocycles. The number of hydrogen-bond acceptors (Lipinski definition) is 6. The quantitative estimate of drug-likeness (QED) is 0.242. The molecule has 0 unspecified atom stereocenters. The number of rotatable bonds is 0. The Morgan fingerprint density at radius 3 is 1.78 bits per heavy atom. The summed E-state index contributed by atoms with van der Waals surface area (Å²) in [4.78, 5) is 50.5. The third kappa shape index (κ3) is 1.43. The van der Waals surface area contributed by atoms with Crippen LogP contribution in [0.25, 0.3) is 32.4 Å². The maximum Gasteiger partial charge on any atom is 0.297 e. The predicted molar refractivity (Wildman–Crippen MR) is 84.1 cm³/mol. The van der Waals surface area contributed by atoms with Crippen molar-refractivity contribution in [2.75, 3.05) is 0 Å². The summed E-state index contributed by atoms with van der Waals surface area (Å²) in [7, 11) is 0. The molecule has 7 nitrogen and oxygen atoms in total. The molecule has 0 atom stereocenters. The molecule has 0 saturated heterocycles. The van der Waals surface area contributed by atoms with Gasteiger partial charge in [-0.15, -0.1) is 0 Å². The van der Waals surface area contributed by atoms with Gasteiger partial charge in [-0.05, 0) is 0 Å². The summed E-state index contributed by atoms with van der Waals surface area (Å²) in [6.45, 7) is 0. The molecule has 23 heavy (non-hydrogen) atoms. The van der Waals surface area contributed by atoms with E-state index in [1.54, 1.807) is 12.1 Å². The van der Waals surface area contributed by atoms with Gasteiger partial charge in [-0.2, -0.15) is 0 Å². The average molecular weight is 309 g/mol. The Kier molecular flexibility index (Phi) is 2.32. The highest BCUT2D eigenvalue weighted by Gasteiger charge is 2.24. The molecule has 0 spiro atoms. The molecule has 3 N–H and O–H groups in total. The van der Waals surface area contributed by atoms with Crippen molar-refractivity contribution in [3.8, 4) is 11.5 Å². The second-order valence-electron chi connectivity index (χ2n) is 5.18. The standard InChI is InChI=1S/C16H7NO6/c18-11-5-3-1-2-4-6(5)12(19)8-7(11)13(20)9-10(14(8)21)17-16(23)15(9)22/h1-4,20-21H,(H,17,22,23). The number of phenols is 2. The predicted octanol–water partition coefficient (Wildman–Crippen LogP) is 0.202. The average Bonchev–Trinajstić information content (AvgIpc) is 2.84. The van der Waals surface area contributed by atoms with Gasteiger partial charge >= 0.3 is 0 Å². The molecule has 0 aliphatic rings. The Bertz CT molecular complexity index is 1360. The first-order valence-corrected chi connectivity index (χ1v) is 6.59. The number of aromatic amines is 1. The Hall–Kier alpha value is -3.48. The highest BCUT2D eigenvalue weighted by molar-refractivity contribution is 6.12. The maximum atomic E-state index is 12.6.